The van der Waals surface area contributed by atoms with Crippen molar-refractivity contribution in [3.05, 3.63) is 15.8 Å². The summed E-state index contributed by atoms with van der Waals surface area (Å²) in [7, 11) is 0. The van der Waals surface area contributed by atoms with E-state index in [0.717, 1.165) is 0 Å². The van der Waals surface area contributed by atoms with E-state index in [2.05, 4.69) is 4.98 Å². The minimum absolute atomic E-state index is 0.0900. The molecule has 1 aromatic rings. The molecule has 17 heavy (non-hydrogen) atoms. The van der Waals surface area contributed by atoms with E-state index in [9.17, 15) is 19.4 Å². The zero-order valence-corrected chi connectivity index (χ0v) is 9.65. The zero-order valence-electron chi connectivity index (χ0n) is 8.83. The van der Waals surface area contributed by atoms with Crippen LogP contribution in [-0.4, -0.2) is 39.4 Å². The highest BCUT2D eigenvalue weighted by Gasteiger charge is 2.43. The van der Waals surface area contributed by atoms with Gasteiger partial charge in [0, 0.05) is 0 Å². The lowest BCUT2D eigenvalue weighted by Gasteiger charge is -2.11. The number of aliphatic hydroxyl groups is 2. The number of hydrogen-bond acceptors (Lipinski definition) is 6. The molecule has 0 saturated carbocycles. The highest BCUT2D eigenvalue weighted by molar-refractivity contribution is 7.10. The first-order valence-corrected chi connectivity index (χ1v) is 5.71. The molecule has 1 aliphatic rings. The summed E-state index contributed by atoms with van der Waals surface area (Å²) in [5.41, 5.74) is 4.45. The number of nitrogens with zero attached hydrogens (tertiary/aromatic N) is 1. The van der Waals surface area contributed by atoms with E-state index in [-0.39, 0.29) is 5.01 Å². The maximum absolute atomic E-state index is 13.3. The number of hydrogen-bond donors (Lipinski definition) is 3. The molecule has 0 spiro atoms. The molecular weight excluding hydrogens is 251 g/mol. The number of aromatic nitrogens is 1. The van der Waals surface area contributed by atoms with Gasteiger partial charge in [-0.05, 0) is 6.92 Å². The average Bonchev–Trinajstić information content (AvgIpc) is 2.75. The largest absolute Gasteiger partial charge is 0.388 e. The molecule has 2 rings (SSSR count). The molecule has 8 heteroatoms. The van der Waals surface area contributed by atoms with Gasteiger partial charge in [0.25, 0.3) is 5.91 Å². The van der Waals surface area contributed by atoms with Crippen LogP contribution in [0.4, 0.5) is 4.39 Å². The van der Waals surface area contributed by atoms with Crippen molar-refractivity contribution in [3.8, 4) is 0 Å². The van der Waals surface area contributed by atoms with Gasteiger partial charge in [-0.15, -0.1) is 0 Å². The molecule has 0 unspecified atom stereocenters. The normalized spacial score (nSPS) is 32.9. The fourth-order valence-electron chi connectivity index (χ4n) is 1.64. The molecule has 0 aliphatic carbocycles. The van der Waals surface area contributed by atoms with Crippen molar-refractivity contribution >= 4 is 17.2 Å². The van der Waals surface area contributed by atoms with E-state index in [1.807, 2.05) is 0 Å². The number of carbonyl (C=O) groups excluding carboxylic acids is 1. The van der Waals surface area contributed by atoms with Gasteiger partial charge in [0.2, 0.25) is 5.13 Å². The smallest absolute Gasteiger partial charge is 0.271 e. The zero-order chi connectivity index (χ0) is 12.7. The highest BCUT2D eigenvalue weighted by atomic mass is 32.1. The summed E-state index contributed by atoms with van der Waals surface area (Å²) in [6.07, 6.45) is -3.79. The minimum Gasteiger partial charge on any atom is -0.388 e. The minimum atomic E-state index is -1.20. The van der Waals surface area contributed by atoms with Crippen molar-refractivity contribution in [3.63, 3.8) is 0 Å². The molecule has 0 radical (unpaired) electrons. The summed E-state index contributed by atoms with van der Waals surface area (Å²) in [4.78, 5) is 14.5. The Morgan fingerprint density at radius 2 is 2.18 bits per heavy atom. The summed E-state index contributed by atoms with van der Waals surface area (Å²) in [5.74, 6) is -0.980. The third-order valence-electron chi connectivity index (χ3n) is 2.58. The highest BCUT2D eigenvalue weighted by Crippen LogP contribution is 2.35. The van der Waals surface area contributed by atoms with Crippen LogP contribution in [0.15, 0.2) is 0 Å². The lowest BCUT2D eigenvalue weighted by Crippen LogP contribution is -2.28. The van der Waals surface area contributed by atoms with Gasteiger partial charge in [0.1, 0.15) is 23.3 Å². The Morgan fingerprint density at radius 1 is 1.53 bits per heavy atom. The molecule has 4 atom stereocenters. The second-order valence-corrected chi connectivity index (χ2v) is 4.76. The SMILES string of the molecule is C[C@H]1O[C@@H](c2nc(C(N)=O)c(F)s2)[C@H](O)[C@@H]1O. The molecule has 2 heterocycles. The Morgan fingerprint density at radius 3 is 2.59 bits per heavy atom. The predicted molar refractivity (Wildman–Crippen MR) is 55.9 cm³/mol. The van der Waals surface area contributed by atoms with E-state index in [1.165, 1.54) is 0 Å². The standard InChI is InChI=1S/C9H11FN2O4S/c1-2-4(13)5(14)6(16-2)9-12-3(8(11)15)7(10)17-9/h2,4-6,13-14H,1H3,(H2,11,15)/t2-,4-,5-,6-/m1/s1. The summed E-state index contributed by atoms with van der Waals surface area (Å²) in [5, 5.41) is 18.4. The molecule has 1 amide bonds. The number of aliphatic hydroxyl groups excluding tert-OH is 2. The van der Waals surface area contributed by atoms with E-state index in [1.54, 1.807) is 6.92 Å². The number of rotatable bonds is 2. The number of nitrogens with two attached hydrogens (primary N) is 1. The van der Waals surface area contributed by atoms with Crippen LogP contribution in [0.1, 0.15) is 28.5 Å². The summed E-state index contributed by atoms with van der Waals surface area (Å²) < 4.78 is 18.5. The maximum Gasteiger partial charge on any atom is 0.271 e. The first-order valence-electron chi connectivity index (χ1n) is 4.89. The van der Waals surface area contributed by atoms with Crippen LogP contribution in [0.2, 0.25) is 0 Å². The van der Waals surface area contributed by atoms with E-state index < -0.39 is 41.1 Å². The predicted octanol–water partition coefficient (Wildman–Crippen LogP) is -0.437. The van der Waals surface area contributed by atoms with Crippen molar-refractivity contribution < 1.29 is 24.1 Å². The maximum atomic E-state index is 13.3. The van der Waals surface area contributed by atoms with Gasteiger partial charge >= 0.3 is 0 Å². The third-order valence-corrected chi connectivity index (χ3v) is 3.49. The van der Waals surface area contributed by atoms with Crippen LogP contribution in [-0.2, 0) is 4.74 Å². The van der Waals surface area contributed by atoms with Crippen LogP contribution in [0.3, 0.4) is 0 Å². The first-order chi connectivity index (χ1) is 7.91. The molecule has 94 valence electrons. The molecule has 1 aliphatic heterocycles. The summed E-state index contributed by atoms with van der Waals surface area (Å²) in [6, 6.07) is 0. The average molecular weight is 262 g/mol. The van der Waals surface area contributed by atoms with Gasteiger partial charge in [-0.3, -0.25) is 4.79 Å². The van der Waals surface area contributed by atoms with Crippen molar-refractivity contribution in [2.75, 3.05) is 0 Å². The first kappa shape index (κ1) is 12.4. The van der Waals surface area contributed by atoms with Crippen molar-refractivity contribution in [1.29, 1.82) is 0 Å². The number of carbonyl (C=O) groups is 1. The molecule has 0 bridgehead atoms. The Hall–Kier alpha value is -1.09. The van der Waals surface area contributed by atoms with Crippen molar-refractivity contribution in [1.82, 2.24) is 4.98 Å². The van der Waals surface area contributed by atoms with Crippen LogP contribution < -0.4 is 5.73 Å². The fourth-order valence-corrected chi connectivity index (χ4v) is 2.52. The van der Waals surface area contributed by atoms with Crippen LogP contribution in [0.5, 0.6) is 0 Å². The Kier molecular flexibility index (Phi) is 3.13. The number of halogens is 1. The van der Waals surface area contributed by atoms with Crippen LogP contribution in [0.25, 0.3) is 0 Å². The molecule has 1 saturated heterocycles. The fraction of sp³-hybridized carbons (Fsp3) is 0.556. The molecule has 1 fully saturated rings. The Labute approximate surface area is 99.8 Å². The van der Waals surface area contributed by atoms with Gasteiger partial charge in [-0.2, -0.15) is 4.39 Å². The van der Waals surface area contributed by atoms with Crippen LogP contribution >= 0.6 is 11.3 Å². The van der Waals surface area contributed by atoms with Gasteiger partial charge in [-0.25, -0.2) is 4.98 Å². The summed E-state index contributed by atoms with van der Waals surface area (Å²) >= 11 is 0.573. The molecule has 0 aromatic carbocycles. The number of ether oxygens (including phenoxy) is 1. The monoisotopic (exact) mass is 262 g/mol. The Balaban J connectivity index is 2.30. The van der Waals surface area contributed by atoms with E-state index in [4.69, 9.17) is 10.5 Å². The molecule has 6 nitrogen and oxygen atoms in total. The van der Waals surface area contributed by atoms with Crippen molar-refractivity contribution in [2.24, 2.45) is 5.73 Å². The van der Waals surface area contributed by atoms with Gasteiger partial charge in [0.05, 0.1) is 6.10 Å². The van der Waals surface area contributed by atoms with E-state index in [0.29, 0.717) is 11.3 Å². The van der Waals surface area contributed by atoms with Gasteiger partial charge < -0.3 is 20.7 Å². The van der Waals surface area contributed by atoms with Crippen LogP contribution in [0, 0.1) is 5.13 Å². The molecule has 4 N–H and O–H groups in total. The number of amides is 1. The lowest BCUT2D eigenvalue weighted by atomic mass is 10.1. The van der Waals surface area contributed by atoms with Crippen molar-refractivity contribution in [2.45, 2.75) is 31.3 Å². The second-order valence-electron chi connectivity index (χ2n) is 3.78. The number of thiazole rings is 1. The third kappa shape index (κ3) is 2.04. The molecule has 1 aromatic heterocycles. The molecular formula is C9H11FN2O4S. The topological polar surface area (TPSA) is 106 Å². The lowest BCUT2D eigenvalue weighted by molar-refractivity contribution is 0.0149. The quantitative estimate of drug-likeness (QED) is 0.670. The second kappa shape index (κ2) is 4.30. The Bertz CT molecular complexity index is 452. The van der Waals surface area contributed by atoms with Gasteiger partial charge in [0.15, 0.2) is 5.69 Å². The number of primary amides is 1. The van der Waals surface area contributed by atoms with E-state index >= 15 is 0 Å². The van der Waals surface area contributed by atoms with Gasteiger partial charge in [-0.1, -0.05) is 11.3 Å². The summed E-state index contributed by atoms with van der Waals surface area (Å²) in [6.45, 7) is 1.58.